The number of nitrogens with zero attached hydrogens (tertiary/aromatic N) is 1. The summed E-state index contributed by atoms with van der Waals surface area (Å²) in [7, 11) is 1.24. The summed E-state index contributed by atoms with van der Waals surface area (Å²) < 4.78 is 17.2. The summed E-state index contributed by atoms with van der Waals surface area (Å²) in [5.41, 5.74) is -1.26. The van der Waals surface area contributed by atoms with E-state index in [1.807, 2.05) is 0 Å². The smallest absolute Gasteiger partial charge is 0.311 e. The highest BCUT2D eigenvalue weighted by molar-refractivity contribution is 5.73. The van der Waals surface area contributed by atoms with Gasteiger partial charge in [0.05, 0.1) is 24.9 Å². The van der Waals surface area contributed by atoms with Crippen LogP contribution in [0.25, 0.3) is 0 Å². The average molecular weight is 227 g/mol. The Morgan fingerprint density at radius 3 is 2.69 bits per heavy atom. The summed E-state index contributed by atoms with van der Waals surface area (Å²) >= 11 is 0. The van der Waals surface area contributed by atoms with Crippen molar-refractivity contribution in [1.29, 1.82) is 0 Å². The zero-order valence-electron chi connectivity index (χ0n) is 9.40. The Labute approximate surface area is 93.1 Å². The van der Waals surface area contributed by atoms with Gasteiger partial charge < -0.3 is 9.84 Å². The molecule has 0 fully saturated rings. The molecule has 0 bridgehead atoms. The zero-order chi connectivity index (χ0) is 12.3. The van der Waals surface area contributed by atoms with Gasteiger partial charge in [-0.25, -0.2) is 4.39 Å². The fraction of sp³-hybridized carbons (Fsp3) is 0.455. The van der Waals surface area contributed by atoms with Crippen LogP contribution in [0, 0.1) is 11.7 Å². The van der Waals surface area contributed by atoms with E-state index >= 15 is 0 Å². The van der Waals surface area contributed by atoms with Crippen molar-refractivity contribution in [3.05, 3.63) is 29.8 Å². The molecule has 0 radical (unpaired) electrons. The number of hydrogen-bond donors (Lipinski definition) is 1. The molecular weight excluding hydrogens is 213 g/mol. The molecule has 88 valence electrons. The van der Waals surface area contributed by atoms with Gasteiger partial charge in [-0.3, -0.25) is 9.78 Å². The third-order valence-corrected chi connectivity index (χ3v) is 2.64. The third kappa shape index (κ3) is 2.36. The van der Waals surface area contributed by atoms with Crippen LogP contribution in [-0.4, -0.2) is 23.2 Å². The number of methoxy groups -OCH3 is 1. The Balaban J connectivity index is 3.01. The summed E-state index contributed by atoms with van der Waals surface area (Å²) in [5.74, 6) is -1.82. The maximum Gasteiger partial charge on any atom is 0.311 e. The number of carbonyl (C=O) groups excluding carboxylic acids is 1. The van der Waals surface area contributed by atoms with Crippen molar-refractivity contribution in [2.75, 3.05) is 7.11 Å². The van der Waals surface area contributed by atoms with E-state index < -0.39 is 23.3 Å². The number of ether oxygens (including phenoxy) is 1. The Hall–Kier alpha value is -1.49. The lowest BCUT2D eigenvalue weighted by Crippen LogP contribution is -2.36. The number of hydrogen-bond acceptors (Lipinski definition) is 4. The molecule has 0 aliphatic heterocycles. The molecule has 0 aliphatic rings. The van der Waals surface area contributed by atoms with Gasteiger partial charge in [0.2, 0.25) is 0 Å². The molecule has 1 N–H and O–H groups in total. The molecule has 0 aliphatic carbocycles. The number of rotatable bonds is 3. The predicted molar refractivity (Wildman–Crippen MR) is 54.9 cm³/mol. The van der Waals surface area contributed by atoms with Gasteiger partial charge in [-0.15, -0.1) is 0 Å². The second-order valence-corrected chi connectivity index (χ2v) is 3.75. The summed E-state index contributed by atoms with van der Waals surface area (Å²) in [6.07, 6.45) is 0.994. The van der Waals surface area contributed by atoms with E-state index in [1.54, 1.807) is 0 Å². The highest BCUT2D eigenvalue weighted by Crippen LogP contribution is 2.28. The molecule has 0 spiro atoms. The topological polar surface area (TPSA) is 59.4 Å². The first-order valence-electron chi connectivity index (χ1n) is 4.81. The minimum Gasteiger partial charge on any atom is -0.469 e. The quantitative estimate of drug-likeness (QED) is 0.789. The van der Waals surface area contributed by atoms with E-state index in [0.717, 1.165) is 6.20 Å². The highest BCUT2D eigenvalue weighted by Gasteiger charge is 2.37. The minimum absolute atomic E-state index is 0.229. The van der Waals surface area contributed by atoms with Gasteiger partial charge in [0.25, 0.3) is 0 Å². The van der Waals surface area contributed by atoms with Gasteiger partial charge in [-0.1, -0.05) is 0 Å². The summed E-state index contributed by atoms with van der Waals surface area (Å²) in [5, 5.41) is 10.2. The van der Waals surface area contributed by atoms with Gasteiger partial charge in [0, 0.05) is 0 Å². The monoisotopic (exact) mass is 227 g/mol. The maximum absolute atomic E-state index is 12.7. The average Bonchev–Trinajstić information content (AvgIpc) is 2.27. The maximum atomic E-state index is 12.7. The van der Waals surface area contributed by atoms with E-state index in [0.29, 0.717) is 0 Å². The molecule has 1 rings (SSSR count). The molecule has 0 saturated carbocycles. The second-order valence-electron chi connectivity index (χ2n) is 3.75. The fourth-order valence-electron chi connectivity index (χ4n) is 1.30. The van der Waals surface area contributed by atoms with Crippen LogP contribution in [-0.2, 0) is 15.1 Å². The molecule has 5 heteroatoms. The van der Waals surface area contributed by atoms with E-state index in [-0.39, 0.29) is 5.69 Å². The normalized spacial score (nSPS) is 16.3. The van der Waals surface area contributed by atoms with E-state index in [4.69, 9.17) is 0 Å². The van der Waals surface area contributed by atoms with Crippen LogP contribution in [0.15, 0.2) is 18.3 Å². The van der Waals surface area contributed by atoms with Crippen molar-refractivity contribution < 1.29 is 19.0 Å². The van der Waals surface area contributed by atoms with E-state index in [1.165, 1.54) is 33.1 Å². The van der Waals surface area contributed by atoms with Crippen LogP contribution < -0.4 is 0 Å². The Morgan fingerprint density at radius 2 is 2.25 bits per heavy atom. The van der Waals surface area contributed by atoms with Crippen molar-refractivity contribution in [3.8, 4) is 0 Å². The lowest BCUT2D eigenvalue weighted by Gasteiger charge is -2.27. The van der Waals surface area contributed by atoms with E-state index in [9.17, 15) is 14.3 Å². The number of pyridine rings is 1. The summed E-state index contributed by atoms with van der Waals surface area (Å²) in [4.78, 5) is 15.1. The van der Waals surface area contributed by atoms with Crippen LogP contribution in [0.3, 0.4) is 0 Å². The molecule has 16 heavy (non-hydrogen) atoms. The van der Waals surface area contributed by atoms with Crippen molar-refractivity contribution in [2.24, 2.45) is 5.92 Å². The predicted octanol–water partition coefficient (Wildman–Crippen LogP) is 1.24. The van der Waals surface area contributed by atoms with Crippen LogP contribution in [0.4, 0.5) is 4.39 Å². The number of carbonyl (C=O) groups is 1. The number of halogens is 1. The first-order chi connectivity index (χ1) is 7.39. The van der Waals surface area contributed by atoms with Crippen molar-refractivity contribution in [3.63, 3.8) is 0 Å². The third-order valence-electron chi connectivity index (χ3n) is 2.64. The van der Waals surface area contributed by atoms with Crippen molar-refractivity contribution >= 4 is 5.97 Å². The molecule has 2 atom stereocenters. The lowest BCUT2D eigenvalue weighted by molar-refractivity contribution is -0.154. The molecule has 0 amide bonds. The summed E-state index contributed by atoms with van der Waals surface area (Å²) in [6, 6.07) is 2.52. The first kappa shape index (κ1) is 12.6. The Morgan fingerprint density at radius 1 is 1.62 bits per heavy atom. The number of esters is 1. The molecular formula is C11H14FNO3. The van der Waals surface area contributed by atoms with Gasteiger partial charge >= 0.3 is 5.97 Å². The van der Waals surface area contributed by atoms with Crippen LogP contribution in [0.1, 0.15) is 19.5 Å². The van der Waals surface area contributed by atoms with Gasteiger partial charge in [-0.05, 0) is 26.0 Å². The number of aromatic nitrogens is 1. The van der Waals surface area contributed by atoms with Crippen LogP contribution >= 0.6 is 0 Å². The van der Waals surface area contributed by atoms with Gasteiger partial charge in [-0.2, -0.15) is 0 Å². The Bertz CT molecular complexity index is 375. The van der Waals surface area contributed by atoms with Gasteiger partial charge in [0.15, 0.2) is 0 Å². The SMILES string of the molecule is COC(=O)C(C)C(C)(O)c1ccc(F)cn1. The molecule has 0 saturated heterocycles. The van der Waals surface area contributed by atoms with Crippen molar-refractivity contribution in [2.45, 2.75) is 19.4 Å². The molecule has 0 aromatic carbocycles. The van der Waals surface area contributed by atoms with Gasteiger partial charge in [0.1, 0.15) is 11.4 Å². The molecule has 2 unspecified atom stereocenters. The summed E-state index contributed by atoms with van der Waals surface area (Å²) in [6.45, 7) is 2.96. The fourth-order valence-corrected chi connectivity index (χ4v) is 1.30. The molecule has 1 heterocycles. The highest BCUT2D eigenvalue weighted by atomic mass is 19.1. The zero-order valence-corrected chi connectivity index (χ0v) is 9.40. The molecule has 1 aromatic heterocycles. The Kier molecular flexibility index (Phi) is 3.59. The molecule has 1 aromatic rings. The van der Waals surface area contributed by atoms with Crippen molar-refractivity contribution in [1.82, 2.24) is 4.98 Å². The molecule has 4 nitrogen and oxygen atoms in total. The van der Waals surface area contributed by atoms with E-state index in [2.05, 4.69) is 9.72 Å². The number of aliphatic hydroxyl groups is 1. The standard InChI is InChI=1S/C11H14FNO3/c1-7(10(14)16-3)11(2,15)9-5-4-8(12)6-13-9/h4-7,15H,1-3H3. The minimum atomic E-state index is -1.49. The largest absolute Gasteiger partial charge is 0.469 e. The van der Waals surface area contributed by atoms with Crippen LogP contribution in [0.5, 0.6) is 0 Å². The first-order valence-corrected chi connectivity index (χ1v) is 4.81. The second kappa shape index (κ2) is 4.57. The van der Waals surface area contributed by atoms with Crippen LogP contribution in [0.2, 0.25) is 0 Å². The lowest BCUT2D eigenvalue weighted by atomic mass is 9.87.